The van der Waals surface area contributed by atoms with Gasteiger partial charge in [0.2, 0.25) is 0 Å². The number of amides is 1. The third-order valence-electron chi connectivity index (χ3n) is 2.61. The molecule has 5 N–H and O–H groups in total. The second kappa shape index (κ2) is 5.92. The van der Waals surface area contributed by atoms with Crippen LogP contribution in [0.15, 0.2) is 0 Å². The van der Waals surface area contributed by atoms with E-state index in [1.54, 1.807) is 6.92 Å². The van der Waals surface area contributed by atoms with Gasteiger partial charge in [-0.3, -0.25) is 9.89 Å². The van der Waals surface area contributed by atoms with Gasteiger partial charge < -0.3 is 16.2 Å². The summed E-state index contributed by atoms with van der Waals surface area (Å²) in [7, 11) is 0. The van der Waals surface area contributed by atoms with Crippen molar-refractivity contribution in [3.8, 4) is 0 Å². The van der Waals surface area contributed by atoms with Crippen LogP contribution in [0.2, 0.25) is 0 Å². The summed E-state index contributed by atoms with van der Waals surface area (Å²) < 4.78 is 0. The molecule has 0 spiro atoms. The Morgan fingerprint density at radius 1 is 1.71 bits per heavy atom. The molecule has 0 aliphatic carbocycles. The molecular weight excluding hydrogens is 240 g/mol. The second-order valence-corrected chi connectivity index (χ2v) is 4.91. The first-order chi connectivity index (χ1) is 8.01. The van der Waals surface area contributed by atoms with Crippen molar-refractivity contribution in [2.24, 2.45) is 0 Å². The van der Waals surface area contributed by atoms with E-state index in [0.29, 0.717) is 11.4 Å². The van der Waals surface area contributed by atoms with Crippen molar-refractivity contribution in [2.45, 2.75) is 25.1 Å². The zero-order valence-electron chi connectivity index (χ0n) is 10.2. The summed E-state index contributed by atoms with van der Waals surface area (Å²) in [5, 5.41) is 18.4. The maximum absolute atomic E-state index is 11.9. The number of aliphatic hydroxyl groups is 1. The lowest BCUT2D eigenvalue weighted by molar-refractivity contribution is 0.0932. The van der Waals surface area contributed by atoms with Crippen molar-refractivity contribution in [1.82, 2.24) is 15.5 Å². The highest BCUT2D eigenvalue weighted by atomic mass is 32.2. The number of H-pyrrole nitrogens is 1. The van der Waals surface area contributed by atoms with Crippen molar-refractivity contribution in [1.29, 1.82) is 0 Å². The predicted molar refractivity (Wildman–Crippen MR) is 69.1 cm³/mol. The van der Waals surface area contributed by atoms with E-state index in [-0.39, 0.29) is 29.5 Å². The van der Waals surface area contributed by atoms with Crippen molar-refractivity contribution in [2.75, 3.05) is 18.6 Å². The van der Waals surface area contributed by atoms with Crippen LogP contribution >= 0.6 is 11.8 Å². The van der Waals surface area contributed by atoms with Gasteiger partial charge in [-0.05, 0) is 20.1 Å². The summed E-state index contributed by atoms with van der Waals surface area (Å²) in [5.74, 6) is -0.327. The van der Waals surface area contributed by atoms with Gasteiger partial charge in [0, 0.05) is 11.3 Å². The molecule has 1 aromatic heterocycles. The Bertz CT molecular complexity index is 390. The van der Waals surface area contributed by atoms with Crippen molar-refractivity contribution >= 4 is 23.4 Å². The van der Waals surface area contributed by atoms with E-state index >= 15 is 0 Å². The van der Waals surface area contributed by atoms with E-state index in [1.165, 1.54) is 11.8 Å². The number of hydrogen-bond donors (Lipinski definition) is 4. The van der Waals surface area contributed by atoms with Gasteiger partial charge in [0.15, 0.2) is 5.69 Å². The lowest BCUT2D eigenvalue weighted by atomic mass is 10.2. The van der Waals surface area contributed by atoms with Crippen LogP contribution < -0.4 is 11.1 Å². The molecule has 17 heavy (non-hydrogen) atoms. The summed E-state index contributed by atoms with van der Waals surface area (Å²) in [6.07, 6.45) is 1.89. The number of aromatic amines is 1. The molecule has 96 valence electrons. The summed E-state index contributed by atoms with van der Waals surface area (Å²) in [4.78, 5) is 11.9. The monoisotopic (exact) mass is 258 g/mol. The summed E-state index contributed by atoms with van der Waals surface area (Å²) in [6, 6.07) is -0.154. The number of nitrogen functional groups attached to an aromatic ring is 1. The number of carbonyl (C=O) groups is 1. The van der Waals surface area contributed by atoms with E-state index in [9.17, 15) is 4.79 Å². The van der Waals surface area contributed by atoms with E-state index in [4.69, 9.17) is 10.8 Å². The Labute approximate surface area is 104 Å². The average molecular weight is 258 g/mol. The van der Waals surface area contributed by atoms with Crippen LogP contribution in [0.25, 0.3) is 0 Å². The number of rotatable bonds is 5. The highest BCUT2D eigenvalue weighted by Crippen LogP contribution is 2.14. The summed E-state index contributed by atoms with van der Waals surface area (Å²) in [6.45, 7) is 3.60. The topological polar surface area (TPSA) is 104 Å². The molecule has 1 amide bonds. The Balaban J connectivity index is 2.69. The van der Waals surface area contributed by atoms with Gasteiger partial charge >= 0.3 is 0 Å². The van der Waals surface area contributed by atoms with E-state index in [2.05, 4.69) is 15.5 Å². The summed E-state index contributed by atoms with van der Waals surface area (Å²) >= 11 is 1.50. The largest absolute Gasteiger partial charge is 0.395 e. The molecule has 1 aromatic rings. The molecule has 0 fully saturated rings. The number of nitrogens with zero attached hydrogens (tertiary/aromatic N) is 1. The Morgan fingerprint density at radius 2 is 2.35 bits per heavy atom. The Hall–Kier alpha value is -1.21. The number of carbonyl (C=O) groups excluding carboxylic acids is 1. The zero-order chi connectivity index (χ0) is 13.0. The molecule has 1 rings (SSSR count). The Kier molecular flexibility index (Phi) is 4.83. The fourth-order valence-electron chi connectivity index (χ4n) is 1.42. The number of aliphatic hydroxyl groups excluding tert-OH is 1. The second-order valence-electron chi connectivity index (χ2n) is 3.83. The van der Waals surface area contributed by atoms with E-state index in [0.717, 1.165) is 0 Å². The molecule has 0 aliphatic heterocycles. The fraction of sp³-hybridized carbons (Fsp3) is 0.600. The minimum atomic E-state index is -0.327. The van der Waals surface area contributed by atoms with Crippen molar-refractivity contribution in [3.05, 3.63) is 11.4 Å². The molecule has 0 bridgehead atoms. The number of nitrogens with one attached hydrogen (secondary N) is 2. The molecule has 6 nitrogen and oxygen atoms in total. The van der Waals surface area contributed by atoms with Gasteiger partial charge in [-0.25, -0.2) is 0 Å². The molecular formula is C10H18N4O2S. The third kappa shape index (κ3) is 3.13. The number of aromatic nitrogens is 2. The number of nitrogens with two attached hydrogens (primary N) is 1. The Morgan fingerprint density at radius 3 is 2.76 bits per heavy atom. The van der Waals surface area contributed by atoms with E-state index < -0.39 is 0 Å². The van der Waals surface area contributed by atoms with Crippen LogP contribution in [0, 0.1) is 6.92 Å². The molecule has 7 heteroatoms. The van der Waals surface area contributed by atoms with Crippen LogP contribution in [0.3, 0.4) is 0 Å². The van der Waals surface area contributed by atoms with Crippen LogP contribution in [-0.4, -0.2) is 45.4 Å². The minimum absolute atomic E-state index is 0.0116. The number of anilines is 1. The third-order valence-corrected chi connectivity index (χ3v) is 3.77. The maximum atomic E-state index is 11.9. The molecule has 2 atom stereocenters. The van der Waals surface area contributed by atoms with Crippen LogP contribution in [0.1, 0.15) is 23.1 Å². The molecule has 2 unspecified atom stereocenters. The van der Waals surface area contributed by atoms with Gasteiger partial charge in [-0.1, -0.05) is 0 Å². The number of aryl methyl sites for hydroxylation is 1. The predicted octanol–water partition coefficient (Wildman–Crippen LogP) is 0.143. The molecule has 1 heterocycles. The maximum Gasteiger partial charge on any atom is 0.274 e. The smallest absolute Gasteiger partial charge is 0.274 e. The number of thioether (sulfide) groups is 1. The molecule has 0 aliphatic rings. The van der Waals surface area contributed by atoms with Gasteiger partial charge in [0.05, 0.1) is 18.0 Å². The van der Waals surface area contributed by atoms with Gasteiger partial charge in [-0.15, -0.1) is 0 Å². The highest BCUT2D eigenvalue weighted by molar-refractivity contribution is 7.99. The first-order valence-corrected chi connectivity index (χ1v) is 6.55. The van der Waals surface area contributed by atoms with Crippen molar-refractivity contribution < 1.29 is 9.90 Å². The average Bonchev–Trinajstić information content (AvgIpc) is 2.61. The normalized spacial score (nSPS) is 14.4. The first-order valence-electron chi connectivity index (χ1n) is 5.26. The molecule has 0 aromatic carbocycles. The fourth-order valence-corrected chi connectivity index (χ4v) is 2.04. The molecule has 0 saturated heterocycles. The van der Waals surface area contributed by atoms with Gasteiger partial charge in [0.25, 0.3) is 5.91 Å². The SMILES string of the molecule is CSC(CO)C(C)NC(=O)c1n[nH]c(C)c1N. The highest BCUT2D eigenvalue weighted by Gasteiger charge is 2.21. The summed E-state index contributed by atoms with van der Waals surface area (Å²) in [5.41, 5.74) is 6.95. The molecule has 0 saturated carbocycles. The molecule has 0 radical (unpaired) electrons. The van der Waals surface area contributed by atoms with Crippen molar-refractivity contribution in [3.63, 3.8) is 0 Å². The van der Waals surface area contributed by atoms with Gasteiger partial charge in [0.1, 0.15) is 0 Å². The van der Waals surface area contributed by atoms with E-state index in [1.807, 2.05) is 13.2 Å². The van der Waals surface area contributed by atoms with Gasteiger partial charge in [-0.2, -0.15) is 16.9 Å². The van der Waals surface area contributed by atoms with Crippen LogP contribution in [-0.2, 0) is 0 Å². The number of hydrogen-bond acceptors (Lipinski definition) is 5. The standard InChI is InChI=1S/C10H18N4O2S/c1-5(7(4-15)17-3)12-10(16)9-8(11)6(2)13-14-9/h5,7,15H,4,11H2,1-3H3,(H,12,16)(H,13,14). The zero-order valence-corrected chi connectivity index (χ0v) is 11.0. The first kappa shape index (κ1) is 13.9. The lowest BCUT2D eigenvalue weighted by Gasteiger charge is -2.20. The lowest BCUT2D eigenvalue weighted by Crippen LogP contribution is -2.41. The van der Waals surface area contributed by atoms with Crippen LogP contribution in [0.5, 0.6) is 0 Å². The quantitative estimate of drug-likeness (QED) is 0.601. The van der Waals surface area contributed by atoms with Crippen LogP contribution in [0.4, 0.5) is 5.69 Å². The minimum Gasteiger partial charge on any atom is -0.395 e.